The molecule has 1 saturated heterocycles. The van der Waals surface area contributed by atoms with Gasteiger partial charge in [0.05, 0.1) is 39.9 Å². The van der Waals surface area contributed by atoms with Crippen LogP contribution in [0, 0.1) is 0 Å². The lowest BCUT2D eigenvalue weighted by Gasteiger charge is -2.38. The molecule has 7 heteroatoms. The molecule has 1 aliphatic rings. The molecule has 0 unspecified atom stereocenters. The number of hydrogen-bond donors (Lipinski definition) is 0. The van der Waals surface area contributed by atoms with Gasteiger partial charge >= 0.3 is 0 Å². The highest BCUT2D eigenvalue weighted by Gasteiger charge is 2.34. The molecule has 0 atom stereocenters. The summed E-state index contributed by atoms with van der Waals surface area (Å²) in [6, 6.07) is 15.0. The van der Waals surface area contributed by atoms with Gasteiger partial charge in [0.2, 0.25) is 11.6 Å². The minimum atomic E-state index is -0.115. The largest absolute Gasteiger partial charge is 0.493 e. The molecule has 0 saturated carbocycles. The van der Waals surface area contributed by atoms with E-state index in [0.29, 0.717) is 41.8 Å². The van der Waals surface area contributed by atoms with Gasteiger partial charge in [0, 0.05) is 17.0 Å². The van der Waals surface area contributed by atoms with Crippen LogP contribution in [0.5, 0.6) is 23.1 Å². The second kappa shape index (κ2) is 7.87. The summed E-state index contributed by atoms with van der Waals surface area (Å²) in [5.41, 5.74) is 1.36. The van der Waals surface area contributed by atoms with Crippen LogP contribution < -0.4 is 18.9 Å². The minimum absolute atomic E-state index is 0.0883. The fourth-order valence-corrected chi connectivity index (χ4v) is 3.35. The molecular formula is C22H22N2O5. The van der Waals surface area contributed by atoms with Crippen molar-refractivity contribution in [1.82, 2.24) is 9.88 Å². The molecule has 4 rings (SSSR count). The molecule has 3 aromatic rings. The number of carbonyl (C=O) groups excluding carboxylic acids is 1. The molecule has 7 nitrogen and oxygen atoms in total. The van der Waals surface area contributed by atoms with Crippen LogP contribution in [0.25, 0.3) is 10.9 Å². The van der Waals surface area contributed by atoms with E-state index in [4.69, 9.17) is 18.9 Å². The van der Waals surface area contributed by atoms with E-state index >= 15 is 0 Å². The lowest BCUT2D eigenvalue weighted by Crippen LogP contribution is -2.56. The van der Waals surface area contributed by atoms with E-state index in [2.05, 4.69) is 4.98 Å². The van der Waals surface area contributed by atoms with Gasteiger partial charge in [0.1, 0.15) is 6.10 Å². The zero-order valence-electron chi connectivity index (χ0n) is 16.5. The minimum Gasteiger partial charge on any atom is -0.493 e. The molecule has 2 aromatic carbocycles. The first-order valence-electron chi connectivity index (χ1n) is 9.24. The SMILES string of the molecule is COc1cc(C(=O)N2CC(Oc3ccc4ccccc4n3)C2)cc(OC)c1OC. The molecule has 150 valence electrons. The first kappa shape index (κ1) is 18.9. The summed E-state index contributed by atoms with van der Waals surface area (Å²) < 4.78 is 21.9. The summed E-state index contributed by atoms with van der Waals surface area (Å²) in [5.74, 6) is 1.80. The van der Waals surface area contributed by atoms with Gasteiger partial charge in [0.15, 0.2) is 11.5 Å². The molecule has 0 spiro atoms. The van der Waals surface area contributed by atoms with Gasteiger partial charge in [-0.05, 0) is 24.3 Å². The van der Waals surface area contributed by atoms with Gasteiger partial charge in [-0.2, -0.15) is 0 Å². The Balaban J connectivity index is 1.43. The Morgan fingerprint density at radius 2 is 1.66 bits per heavy atom. The molecule has 1 aromatic heterocycles. The number of aromatic nitrogens is 1. The zero-order valence-corrected chi connectivity index (χ0v) is 16.5. The average Bonchev–Trinajstić information content (AvgIpc) is 2.74. The number of para-hydroxylation sites is 1. The average molecular weight is 394 g/mol. The Morgan fingerprint density at radius 1 is 0.966 bits per heavy atom. The van der Waals surface area contributed by atoms with Gasteiger partial charge in [-0.1, -0.05) is 18.2 Å². The third-order valence-corrected chi connectivity index (χ3v) is 4.91. The number of fused-ring (bicyclic) bond motifs is 1. The molecule has 1 fully saturated rings. The topological polar surface area (TPSA) is 70.1 Å². The Morgan fingerprint density at radius 3 is 2.31 bits per heavy atom. The maximum Gasteiger partial charge on any atom is 0.254 e. The Hall–Kier alpha value is -3.48. The Bertz CT molecular complexity index is 1020. The van der Waals surface area contributed by atoms with Crippen LogP contribution in [0.2, 0.25) is 0 Å². The second-order valence-electron chi connectivity index (χ2n) is 6.71. The van der Waals surface area contributed by atoms with Crippen molar-refractivity contribution in [3.63, 3.8) is 0 Å². The van der Waals surface area contributed by atoms with Crippen molar-refractivity contribution in [2.45, 2.75) is 6.10 Å². The Kier molecular flexibility index (Phi) is 5.12. The molecular weight excluding hydrogens is 372 g/mol. The van der Waals surface area contributed by atoms with Crippen molar-refractivity contribution in [3.05, 3.63) is 54.1 Å². The van der Waals surface area contributed by atoms with Crippen LogP contribution in [-0.2, 0) is 0 Å². The van der Waals surface area contributed by atoms with E-state index in [1.54, 1.807) is 17.0 Å². The molecule has 2 heterocycles. The van der Waals surface area contributed by atoms with Crippen molar-refractivity contribution in [1.29, 1.82) is 0 Å². The summed E-state index contributed by atoms with van der Waals surface area (Å²) in [4.78, 5) is 19.1. The zero-order chi connectivity index (χ0) is 20.4. The number of benzene rings is 2. The van der Waals surface area contributed by atoms with Crippen molar-refractivity contribution in [3.8, 4) is 23.1 Å². The fourth-order valence-electron chi connectivity index (χ4n) is 3.35. The predicted octanol–water partition coefficient (Wildman–Crippen LogP) is 3.16. The fraction of sp³-hybridized carbons (Fsp3) is 0.273. The van der Waals surface area contributed by atoms with Crippen molar-refractivity contribution in [2.24, 2.45) is 0 Å². The summed E-state index contributed by atoms with van der Waals surface area (Å²) in [5, 5.41) is 1.06. The predicted molar refractivity (Wildman–Crippen MR) is 108 cm³/mol. The van der Waals surface area contributed by atoms with Gasteiger partial charge in [-0.25, -0.2) is 4.98 Å². The quantitative estimate of drug-likeness (QED) is 0.640. The highest BCUT2D eigenvalue weighted by molar-refractivity contribution is 5.96. The molecule has 0 radical (unpaired) electrons. The van der Waals surface area contributed by atoms with Crippen LogP contribution >= 0.6 is 0 Å². The number of carbonyl (C=O) groups is 1. The third-order valence-electron chi connectivity index (χ3n) is 4.91. The van der Waals surface area contributed by atoms with E-state index in [1.807, 2.05) is 36.4 Å². The smallest absolute Gasteiger partial charge is 0.254 e. The molecule has 0 N–H and O–H groups in total. The van der Waals surface area contributed by atoms with Crippen LogP contribution in [0.3, 0.4) is 0 Å². The van der Waals surface area contributed by atoms with Crippen molar-refractivity contribution in [2.75, 3.05) is 34.4 Å². The summed E-state index contributed by atoms with van der Waals surface area (Å²) in [6.45, 7) is 0.980. The Labute approximate surface area is 168 Å². The lowest BCUT2D eigenvalue weighted by atomic mass is 10.1. The normalized spacial score (nSPS) is 13.7. The molecule has 0 bridgehead atoms. The van der Waals surface area contributed by atoms with Gasteiger partial charge in [-0.3, -0.25) is 4.79 Å². The van der Waals surface area contributed by atoms with Gasteiger partial charge in [0.25, 0.3) is 5.91 Å². The van der Waals surface area contributed by atoms with Crippen molar-refractivity contribution < 1.29 is 23.7 Å². The van der Waals surface area contributed by atoms with E-state index in [0.717, 1.165) is 10.9 Å². The van der Waals surface area contributed by atoms with Crippen LogP contribution in [0.1, 0.15) is 10.4 Å². The number of ether oxygens (including phenoxy) is 4. The number of likely N-dealkylation sites (tertiary alicyclic amines) is 1. The van der Waals surface area contributed by atoms with E-state index in [1.165, 1.54) is 21.3 Å². The number of amides is 1. The van der Waals surface area contributed by atoms with Crippen molar-refractivity contribution >= 4 is 16.8 Å². The molecule has 1 aliphatic heterocycles. The summed E-state index contributed by atoms with van der Waals surface area (Å²) in [6.07, 6.45) is -0.0883. The first-order chi connectivity index (χ1) is 14.1. The van der Waals surface area contributed by atoms with Crippen LogP contribution in [-0.4, -0.2) is 56.3 Å². The number of methoxy groups -OCH3 is 3. The first-order valence-corrected chi connectivity index (χ1v) is 9.24. The molecule has 0 aliphatic carbocycles. The van der Waals surface area contributed by atoms with Crippen LogP contribution in [0.15, 0.2) is 48.5 Å². The number of rotatable bonds is 6. The maximum atomic E-state index is 12.8. The monoisotopic (exact) mass is 394 g/mol. The highest BCUT2D eigenvalue weighted by Crippen LogP contribution is 2.38. The van der Waals surface area contributed by atoms with Gasteiger partial charge < -0.3 is 23.8 Å². The number of pyridine rings is 1. The van der Waals surface area contributed by atoms with E-state index in [9.17, 15) is 4.79 Å². The highest BCUT2D eigenvalue weighted by atomic mass is 16.5. The third kappa shape index (κ3) is 3.63. The summed E-state index contributed by atoms with van der Waals surface area (Å²) >= 11 is 0. The lowest BCUT2D eigenvalue weighted by molar-refractivity contribution is 0.0161. The van der Waals surface area contributed by atoms with E-state index in [-0.39, 0.29) is 12.0 Å². The number of nitrogens with zero attached hydrogens (tertiary/aromatic N) is 2. The second-order valence-corrected chi connectivity index (χ2v) is 6.71. The van der Waals surface area contributed by atoms with E-state index < -0.39 is 0 Å². The van der Waals surface area contributed by atoms with Gasteiger partial charge in [-0.15, -0.1) is 0 Å². The molecule has 1 amide bonds. The summed E-state index contributed by atoms with van der Waals surface area (Å²) in [7, 11) is 4.57. The van der Waals surface area contributed by atoms with Crippen LogP contribution in [0.4, 0.5) is 0 Å². The number of hydrogen-bond acceptors (Lipinski definition) is 6. The molecule has 29 heavy (non-hydrogen) atoms. The standard InChI is InChI=1S/C22H22N2O5/c1-26-18-10-15(11-19(27-2)21(18)28-3)22(25)24-12-16(13-24)29-20-9-8-14-6-4-5-7-17(14)23-20/h4-11,16H,12-13H2,1-3H3. The maximum absolute atomic E-state index is 12.8.